The zero-order valence-electron chi connectivity index (χ0n) is 20.7. The molecule has 0 aliphatic carbocycles. The zero-order chi connectivity index (χ0) is 24.8. The van der Waals surface area contributed by atoms with Gasteiger partial charge in [-0.15, -0.1) is 0 Å². The van der Waals surface area contributed by atoms with E-state index in [1.54, 1.807) is 12.4 Å². The standard InChI is InChI=1S/C26H38N6O3/c1-21(22-5-3-2-4-6-22)17-24(33)31-10-7-26(35,8-11-31)19-32-20-28-23(18-25(32)34)30-15-13-29(12-9-27)14-16-30/h2-6,18,20-21,35H,7-17,19,27H2,1H3/t21-/m1/s1. The average molecular weight is 483 g/mol. The van der Waals surface area contributed by atoms with E-state index in [1.165, 1.54) is 4.57 Å². The van der Waals surface area contributed by atoms with Crippen LogP contribution in [0, 0.1) is 0 Å². The molecule has 1 amide bonds. The number of piperazine rings is 1. The van der Waals surface area contributed by atoms with Gasteiger partial charge in [-0.1, -0.05) is 37.3 Å². The summed E-state index contributed by atoms with van der Waals surface area (Å²) in [6.07, 6.45) is 2.88. The number of hydrogen-bond donors (Lipinski definition) is 2. The van der Waals surface area contributed by atoms with Crippen LogP contribution in [-0.2, 0) is 11.3 Å². The Morgan fingerprint density at radius 2 is 1.80 bits per heavy atom. The van der Waals surface area contributed by atoms with Crippen molar-refractivity contribution in [2.24, 2.45) is 5.73 Å². The molecule has 0 radical (unpaired) electrons. The number of carbonyl (C=O) groups excluding carboxylic acids is 1. The molecule has 2 aliphatic rings. The number of anilines is 1. The van der Waals surface area contributed by atoms with E-state index in [-0.39, 0.29) is 23.9 Å². The summed E-state index contributed by atoms with van der Waals surface area (Å²) in [6, 6.07) is 11.6. The lowest BCUT2D eigenvalue weighted by molar-refractivity contribution is -0.136. The zero-order valence-corrected chi connectivity index (χ0v) is 20.7. The minimum absolute atomic E-state index is 0.109. The van der Waals surface area contributed by atoms with Crippen LogP contribution in [0.2, 0.25) is 0 Å². The van der Waals surface area contributed by atoms with Gasteiger partial charge >= 0.3 is 0 Å². The second-order valence-electron chi connectivity index (χ2n) is 9.95. The van der Waals surface area contributed by atoms with Gasteiger partial charge in [0.1, 0.15) is 5.82 Å². The number of rotatable bonds is 8. The van der Waals surface area contributed by atoms with Crippen molar-refractivity contribution in [3.8, 4) is 0 Å². The van der Waals surface area contributed by atoms with Gasteiger partial charge < -0.3 is 20.6 Å². The van der Waals surface area contributed by atoms with E-state index in [0.717, 1.165) is 38.3 Å². The highest BCUT2D eigenvalue weighted by Gasteiger charge is 2.35. The van der Waals surface area contributed by atoms with Crippen LogP contribution in [0.4, 0.5) is 5.82 Å². The number of aliphatic hydroxyl groups is 1. The predicted molar refractivity (Wildman–Crippen MR) is 136 cm³/mol. The maximum absolute atomic E-state index is 12.8. The van der Waals surface area contributed by atoms with Gasteiger partial charge in [0.2, 0.25) is 5.91 Å². The molecule has 35 heavy (non-hydrogen) atoms. The van der Waals surface area contributed by atoms with Crippen molar-refractivity contribution in [2.45, 2.75) is 44.2 Å². The monoisotopic (exact) mass is 482 g/mol. The van der Waals surface area contributed by atoms with Crippen molar-refractivity contribution in [2.75, 3.05) is 57.3 Å². The smallest absolute Gasteiger partial charge is 0.255 e. The molecule has 2 fully saturated rings. The van der Waals surface area contributed by atoms with Gasteiger partial charge in [-0.25, -0.2) is 4.98 Å². The molecule has 3 heterocycles. The molecule has 0 unspecified atom stereocenters. The molecular formula is C26H38N6O3. The molecule has 1 aromatic carbocycles. The Kier molecular flexibility index (Phi) is 8.20. The summed E-state index contributed by atoms with van der Waals surface area (Å²) in [7, 11) is 0. The molecule has 2 aromatic rings. The van der Waals surface area contributed by atoms with Gasteiger partial charge in [-0.3, -0.25) is 19.1 Å². The van der Waals surface area contributed by atoms with Gasteiger partial charge in [-0.2, -0.15) is 0 Å². The SMILES string of the molecule is C[C@H](CC(=O)N1CCC(O)(Cn2cnc(N3CCN(CCN)CC3)cc2=O)CC1)c1ccccc1. The third kappa shape index (κ3) is 6.48. The molecule has 0 spiro atoms. The highest BCUT2D eigenvalue weighted by atomic mass is 16.3. The molecule has 9 heteroatoms. The average Bonchev–Trinajstić information content (AvgIpc) is 2.87. The lowest BCUT2D eigenvalue weighted by atomic mass is 9.90. The van der Waals surface area contributed by atoms with E-state index in [4.69, 9.17) is 5.73 Å². The summed E-state index contributed by atoms with van der Waals surface area (Å²) in [5, 5.41) is 11.2. The van der Waals surface area contributed by atoms with Gasteiger partial charge in [0.05, 0.1) is 18.5 Å². The Bertz CT molecular complexity index is 1030. The third-order valence-electron chi connectivity index (χ3n) is 7.37. The van der Waals surface area contributed by atoms with Crippen molar-refractivity contribution >= 4 is 11.7 Å². The third-order valence-corrected chi connectivity index (χ3v) is 7.37. The van der Waals surface area contributed by atoms with Crippen molar-refractivity contribution in [1.82, 2.24) is 19.4 Å². The maximum Gasteiger partial charge on any atom is 0.255 e. The molecule has 0 bridgehead atoms. The molecule has 3 N–H and O–H groups in total. The van der Waals surface area contributed by atoms with Crippen molar-refractivity contribution < 1.29 is 9.90 Å². The van der Waals surface area contributed by atoms with E-state index < -0.39 is 5.60 Å². The summed E-state index contributed by atoms with van der Waals surface area (Å²) in [5.74, 6) is 0.938. The topological polar surface area (TPSA) is 108 Å². The Labute approximate surface area is 207 Å². The minimum Gasteiger partial charge on any atom is -0.388 e. The van der Waals surface area contributed by atoms with E-state index in [0.29, 0.717) is 44.7 Å². The van der Waals surface area contributed by atoms with Gasteiger partial charge in [0.15, 0.2) is 0 Å². The predicted octanol–water partition coefficient (Wildman–Crippen LogP) is 0.871. The van der Waals surface area contributed by atoms with Crippen molar-refractivity contribution in [3.05, 3.63) is 58.6 Å². The Balaban J connectivity index is 1.29. The molecule has 0 saturated carbocycles. The van der Waals surface area contributed by atoms with Crippen molar-refractivity contribution in [1.29, 1.82) is 0 Å². The van der Waals surface area contributed by atoms with Crippen LogP contribution < -0.4 is 16.2 Å². The fourth-order valence-corrected chi connectivity index (χ4v) is 5.03. The Hall–Kier alpha value is -2.75. The number of nitrogens with two attached hydrogens (primary N) is 1. The van der Waals surface area contributed by atoms with Gasteiger partial charge in [0.25, 0.3) is 5.56 Å². The molecular weight excluding hydrogens is 444 g/mol. The minimum atomic E-state index is -1.03. The molecule has 1 atom stereocenters. The first-order valence-electron chi connectivity index (χ1n) is 12.7. The van der Waals surface area contributed by atoms with Gasteiger partial charge in [0, 0.05) is 64.8 Å². The van der Waals surface area contributed by atoms with Crippen LogP contribution >= 0.6 is 0 Å². The Morgan fingerprint density at radius 3 is 2.43 bits per heavy atom. The number of aromatic nitrogens is 2. The van der Waals surface area contributed by atoms with Crippen LogP contribution in [0.25, 0.3) is 0 Å². The van der Waals surface area contributed by atoms with Crippen LogP contribution in [0.5, 0.6) is 0 Å². The van der Waals surface area contributed by atoms with Crippen LogP contribution in [-0.4, -0.2) is 88.3 Å². The first kappa shape index (κ1) is 25.3. The largest absolute Gasteiger partial charge is 0.388 e. The van der Waals surface area contributed by atoms with Crippen LogP contribution in [0.3, 0.4) is 0 Å². The molecule has 2 saturated heterocycles. The summed E-state index contributed by atoms with van der Waals surface area (Å²) < 4.78 is 1.49. The van der Waals surface area contributed by atoms with Crippen molar-refractivity contribution in [3.63, 3.8) is 0 Å². The molecule has 190 valence electrons. The second kappa shape index (κ2) is 11.3. The normalized spacial score (nSPS) is 19.5. The lowest BCUT2D eigenvalue weighted by Gasteiger charge is -2.39. The highest BCUT2D eigenvalue weighted by Crippen LogP contribution is 2.26. The lowest BCUT2D eigenvalue weighted by Crippen LogP contribution is -2.50. The van der Waals surface area contributed by atoms with E-state index in [9.17, 15) is 14.7 Å². The number of amides is 1. The van der Waals surface area contributed by atoms with E-state index in [1.807, 2.05) is 35.2 Å². The second-order valence-corrected chi connectivity index (χ2v) is 9.95. The Morgan fingerprint density at radius 1 is 1.11 bits per heavy atom. The summed E-state index contributed by atoms with van der Waals surface area (Å²) in [5.41, 5.74) is 5.61. The quantitative estimate of drug-likeness (QED) is 0.575. The number of benzene rings is 1. The molecule has 4 rings (SSSR count). The molecule has 2 aliphatic heterocycles. The first-order chi connectivity index (χ1) is 16.9. The highest BCUT2D eigenvalue weighted by molar-refractivity contribution is 5.77. The number of hydrogen-bond acceptors (Lipinski definition) is 7. The van der Waals surface area contributed by atoms with Gasteiger partial charge in [-0.05, 0) is 24.3 Å². The van der Waals surface area contributed by atoms with E-state index >= 15 is 0 Å². The fraction of sp³-hybridized carbons (Fsp3) is 0.577. The van der Waals surface area contributed by atoms with Crippen LogP contribution in [0.1, 0.15) is 37.7 Å². The number of piperidine rings is 1. The maximum atomic E-state index is 12.8. The number of likely N-dealkylation sites (tertiary alicyclic amines) is 1. The van der Waals surface area contributed by atoms with E-state index in [2.05, 4.69) is 21.7 Å². The molecule has 1 aromatic heterocycles. The summed E-state index contributed by atoms with van der Waals surface area (Å²) in [4.78, 5) is 36.4. The summed E-state index contributed by atoms with van der Waals surface area (Å²) in [6.45, 7) is 8.20. The first-order valence-corrected chi connectivity index (χ1v) is 12.7. The number of nitrogens with zero attached hydrogens (tertiary/aromatic N) is 5. The van der Waals surface area contributed by atoms with Crippen LogP contribution in [0.15, 0.2) is 47.5 Å². The fourth-order valence-electron chi connectivity index (χ4n) is 5.03. The summed E-state index contributed by atoms with van der Waals surface area (Å²) >= 11 is 0. The molecule has 9 nitrogen and oxygen atoms in total. The number of carbonyl (C=O) groups is 1.